The number of hydrogen-bond acceptors (Lipinski definition) is 5. The van der Waals surface area contributed by atoms with Gasteiger partial charge < -0.3 is 9.47 Å². The van der Waals surface area contributed by atoms with Crippen molar-refractivity contribution < 1.29 is 22.1 Å². The summed E-state index contributed by atoms with van der Waals surface area (Å²) in [6, 6.07) is 7.86. The number of nitrogens with two attached hydrogens (primary N) is 1. The highest BCUT2D eigenvalue weighted by Crippen LogP contribution is 2.47. The first-order valence-corrected chi connectivity index (χ1v) is 8.94. The Kier molecular flexibility index (Phi) is 4.26. The van der Waals surface area contributed by atoms with Gasteiger partial charge in [-0.15, -0.1) is 0 Å². The fourth-order valence-electron chi connectivity index (χ4n) is 3.28. The van der Waals surface area contributed by atoms with Crippen LogP contribution in [-0.4, -0.2) is 26.9 Å². The van der Waals surface area contributed by atoms with E-state index in [4.69, 9.17) is 18.8 Å². The van der Waals surface area contributed by atoms with Crippen molar-refractivity contribution in [2.45, 2.75) is 50.6 Å². The van der Waals surface area contributed by atoms with Gasteiger partial charge in [0, 0.05) is 12.8 Å². The van der Waals surface area contributed by atoms with Gasteiger partial charge in [0.15, 0.2) is 5.79 Å². The Morgan fingerprint density at radius 3 is 2.59 bits per heavy atom. The minimum atomic E-state index is -4.00. The maximum atomic E-state index is 11.1. The van der Waals surface area contributed by atoms with Crippen LogP contribution in [0.5, 0.6) is 0 Å². The van der Waals surface area contributed by atoms with Gasteiger partial charge in [0.2, 0.25) is 0 Å². The summed E-state index contributed by atoms with van der Waals surface area (Å²) >= 11 is 0. The lowest BCUT2D eigenvalue weighted by Crippen LogP contribution is -2.29. The molecule has 1 spiro atoms. The summed E-state index contributed by atoms with van der Waals surface area (Å²) in [4.78, 5) is 0. The van der Waals surface area contributed by atoms with Crippen molar-refractivity contribution in [2.75, 3.05) is 6.61 Å². The summed E-state index contributed by atoms with van der Waals surface area (Å²) in [6.07, 6.45) is 2.90. The van der Waals surface area contributed by atoms with Gasteiger partial charge in [0.25, 0.3) is 0 Å². The van der Waals surface area contributed by atoms with Crippen molar-refractivity contribution in [1.82, 2.24) is 0 Å². The molecule has 1 aromatic rings. The van der Waals surface area contributed by atoms with E-state index in [0.29, 0.717) is 0 Å². The molecular weight excluding hydrogens is 306 g/mol. The number of ether oxygens (including phenoxy) is 2. The third-order valence-corrected chi connectivity index (χ3v) is 4.77. The van der Waals surface area contributed by atoms with E-state index in [1.54, 1.807) is 0 Å². The number of rotatable bonds is 4. The van der Waals surface area contributed by atoms with Gasteiger partial charge in [-0.2, -0.15) is 8.42 Å². The Hall–Kier alpha value is -0.990. The minimum absolute atomic E-state index is 0.139. The molecule has 2 unspecified atom stereocenters. The molecule has 122 valence electrons. The summed E-state index contributed by atoms with van der Waals surface area (Å²) in [5, 5.41) is 4.93. The lowest BCUT2D eigenvalue weighted by atomic mass is 10.00. The summed E-state index contributed by atoms with van der Waals surface area (Å²) in [7, 11) is -4.00. The molecule has 1 heterocycles. The van der Waals surface area contributed by atoms with Crippen molar-refractivity contribution in [3.05, 3.63) is 35.4 Å². The topological polar surface area (TPSA) is 87.8 Å². The van der Waals surface area contributed by atoms with Crippen LogP contribution in [-0.2, 0) is 24.0 Å². The Morgan fingerprint density at radius 2 is 1.95 bits per heavy atom. The van der Waals surface area contributed by atoms with E-state index in [-0.39, 0.29) is 12.7 Å². The minimum Gasteiger partial charge on any atom is -0.341 e. The SMILES string of the molecule is Cc1ccccc1C1OC2(CCCC2)OC1COS(N)(=O)=O. The van der Waals surface area contributed by atoms with E-state index in [1.165, 1.54) is 0 Å². The molecule has 2 aliphatic rings. The number of benzene rings is 1. The molecule has 0 amide bonds. The lowest BCUT2D eigenvalue weighted by Gasteiger charge is -2.22. The van der Waals surface area contributed by atoms with Crippen LogP contribution in [0.1, 0.15) is 42.9 Å². The predicted octanol–water partition coefficient (Wildman–Crippen LogP) is 1.94. The number of hydrogen-bond donors (Lipinski definition) is 1. The quantitative estimate of drug-likeness (QED) is 0.913. The fourth-order valence-corrected chi connectivity index (χ4v) is 3.60. The Balaban J connectivity index is 1.85. The van der Waals surface area contributed by atoms with Crippen molar-refractivity contribution >= 4 is 10.3 Å². The van der Waals surface area contributed by atoms with Crippen molar-refractivity contribution in [1.29, 1.82) is 0 Å². The van der Waals surface area contributed by atoms with E-state index in [2.05, 4.69) is 0 Å². The second-order valence-corrected chi connectivity index (χ2v) is 7.17. The standard InChI is InChI=1S/C15H21NO5S/c1-11-6-2-3-7-12(11)14-13(10-19-22(16,17)18)20-15(21-14)8-4-5-9-15/h2-3,6-7,13-14H,4-5,8-10H2,1H3,(H2,16,17,18). The maximum Gasteiger partial charge on any atom is 0.333 e. The maximum absolute atomic E-state index is 11.1. The van der Waals surface area contributed by atoms with Crippen LogP contribution in [0.15, 0.2) is 24.3 Å². The summed E-state index contributed by atoms with van der Waals surface area (Å²) in [5.41, 5.74) is 2.07. The van der Waals surface area contributed by atoms with Gasteiger partial charge in [-0.1, -0.05) is 24.3 Å². The molecule has 0 radical (unpaired) electrons. The van der Waals surface area contributed by atoms with Gasteiger partial charge in [-0.25, -0.2) is 5.14 Å². The molecule has 22 heavy (non-hydrogen) atoms. The average Bonchev–Trinajstić information content (AvgIpc) is 3.04. The normalized spacial score (nSPS) is 27.5. The van der Waals surface area contributed by atoms with Crippen LogP contribution in [0.4, 0.5) is 0 Å². The molecule has 1 saturated heterocycles. The van der Waals surface area contributed by atoms with E-state index >= 15 is 0 Å². The molecule has 2 fully saturated rings. The first-order valence-electron chi connectivity index (χ1n) is 7.47. The van der Waals surface area contributed by atoms with Gasteiger partial charge in [-0.3, -0.25) is 4.18 Å². The number of aryl methyl sites for hydroxylation is 1. The molecule has 0 aromatic heterocycles. The smallest absolute Gasteiger partial charge is 0.333 e. The largest absolute Gasteiger partial charge is 0.341 e. The van der Waals surface area contributed by atoms with E-state index in [1.807, 2.05) is 31.2 Å². The third-order valence-electron chi connectivity index (χ3n) is 4.30. The first-order chi connectivity index (χ1) is 10.4. The first kappa shape index (κ1) is 15.9. The molecule has 6 nitrogen and oxygen atoms in total. The molecule has 1 aliphatic heterocycles. The van der Waals surface area contributed by atoms with Crippen LogP contribution in [0.2, 0.25) is 0 Å². The molecule has 1 aliphatic carbocycles. The fraction of sp³-hybridized carbons (Fsp3) is 0.600. The molecule has 0 bridgehead atoms. The van der Waals surface area contributed by atoms with Gasteiger partial charge >= 0.3 is 10.3 Å². The van der Waals surface area contributed by atoms with Crippen LogP contribution < -0.4 is 5.14 Å². The monoisotopic (exact) mass is 327 g/mol. The zero-order chi connectivity index (χ0) is 15.8. The molecule has 1 saturated carbocycles. The second kappa shape index (κ2) is 5.90. The summed E-state index contributed by atoms with van der Waals surface area (Å²) in [6.45, 7) is 1.86. The van der Waals surface area contributed by atoms with Gasteiger partial charge in [0.05, 0.1) is 6.61 Å². The molecular formula is C15H21NO5S. The summed E-state index contributed by atoms with van der Waals surface area (Å²) in [5.74, 6) is -0.612. The molecule has 3 rings (SSSR count). The van der Waals surface area contributed by atoms with Crippen LogP contribution in [0.25, 0.3) is 0 Å². The van der Waals surface area contributed by atoms with Crippen LogP contribution >= 0.6 is 0 Å². The van der Waals surface area contributed by atoms with Crippen molar-refractivity contribution in [3.63, 3.8) is 0 Å². The van der Waals surface area contributed by atoms with Gasteiger partial charge in [0.1, 0.15) is 12.2 Å². The average molecular weight is 327 g/mol. The molecule has 2 N–H and O–H groups in total. The van der Waals surface area contributed by atoms with Gasteiger partial charge in [-0.05, 0) is 30.9 Å². The zero-order valence-electron chi connectivity index (χ0n) is 12.5. The highest BCUT2D eigenvalue weighted by atomic mass is 32.2. The Morgan fingerprint density at radius 1 is 1.27 bits per heavy atom. The summed E-state index contributed by atoms with van der Waals surface area (Å²) < 4.78 is 39.2. The van der Waals surface area contributed by atoms with Crippen LogP contribution in [0, 0.1) is 6.92 Å². The predicted molar refractivity (Wildman–Crippen MR) is 80.1 cm³/mol. The third kappa shape index (κ3) is 3.33. The highest BCUT2D eigenvalue weighted by molar-refractivity contribution is 7.84. The Bertz CT molecular complexity index is 639. The molecule has 7 heteroatoms. The zero-order valence-corrected chi connectivity index (χ0v) is 13.3. The van der Waals surface area contributed by atoms with E-state index in [0.717, 1.165) is 36.8 Å². The van der Waals surface area contributed by atoms with Crippen molar-refractivity contribution in [2.24, 2.45) is 5.14 Å². The highest BCUT2D eigenvalue weighted by Gasteiger charge is 2.50. The molecule has 1 aromatic carbocycles. The lowest BCUT2D eigenvalue weighted by molar-refractivity contribution is -0.171. The Labute approximate surface area is 130 Å². The van der Waals surface area contributed by atoms with Crippen molar-refractivity contribution in [3.8, 4) is 0 Å². The van der Waals surface area contributed by atoms with E-state index < -0.39 is 22.2 Å². The molecule has 2 atom stereocenters. The second-order valence-electron chi connectivity index (χ2n) is 5.95. The van der Waals surface area contributed by atoms with Crippen LogP contribution in [0.3, 0.4) is 0 Å². The van der Waals surface area contributed by atoms with E-state index in [9.17, 15) is 8.42 Å².